The first kappa shape index (κ1) is 12.1. The molecule has 0 aliphatic carbocycles. The number of hydrogen-bond acceptors (Lipinski definition) is 5. The lowest BCUT2D eigenvalue weighted by atomic mass is 10.3. The van der Waals surface area contributed by atoms with Gasteiger partial charge in [0, 0.05) is 17.6 Å². The molecule has 0 fully saturated rings. The van der Waals surface area contributed by atoms with Crippen molar-refractivity contribution in [1.82, 2.24) is 10.3 Å². The summed E-state index contributed by atoms with van der Waals surface area (Å²) in [5.41, 5.74) is 0. The fraction of sp³-hybridized carbons (Fsp3) is 0.600. The Morgan fingerprint density at radius 2 is 2.47 bits per heavy atom. The third kappa shape index (κ3) is 3.60. The van der Waals surface area contributed by atoms with Gasteiger partial charge < -0.3 is 4.74 Å². The maximum Gasteiger partial charge on any atom is 0.322 e. The fourth-order valence-electron chi connectivity index (χ4n) is 1.09. The molecular formula is C10H16N2O2S. The average Bonchev–Trinajstić information content (AvgIpc) is 2.72. The number of carbonyl (C=O) groups is 1. The first-order valence-electron chi connectivity index (χ1n) is 4.92. The van der Waals surface area contributed by atoms with E-state index in [9.17, 15) is 4.79 Å². The maximum atomic E-state index is 11.1. The van der Waals surface area contributed by atoms with E-state index in [2.05, 4.69) is 22.0 Å². The molecule has 1 aromatic rings. The lowest BCUT2D eigenvalue weighted by Crippen LogP contribution is -2.34. The molecule has 0 amide bonds. The molecule has 84 valence electrons. The molecule has 0 aliphatic rings. The zero-order valence-corrected chi connectivity index (χ0v) is 10.1. The molecular weight excluding hydrogens is 212 g/mol. The number of hydrogen-bond donors (Lipinski definition) is 1. The van der Waals surface area contributed by atoms with Crippen molar-refractivity contribution in [3.05, 3.63) is 16.1 Å². The molecule has 0 bridgehead atoms. The Bertz CT molecular complexity index is 325. The molecule has 0 spiro atoms. The van der Waals surface area contributed by atoms with Gasteiger partial charge in [-0.3, -0.25) is 10.1 Å². The van der Waals surface area contributed by atoms with E-state index in [-0.39, 0.29) is 12.0 Å². The SMILES string of the molecule is CCc1cnc(CNC(C)C(=O)OC)s1. The third-order valence-corrected chi connectivity index (χ3v) is 3.21. The summed E-state index contributed by atoms with van der Waals surface area (Å²) in [5, 5.41) is 4.06. The highest BCUT2D eigenvalue weighted by Crippen LogP contribution is 2.12. The van der Waals surface area contributed by atoms with Gasteiger partial charge in [0.05, 0.1) is 7.11 Å². The zero-order valence-electron chi connectivity index (χ0n) is 9.24. The third-order valence-electron chi connectivity index (χ3n) is 2.06. The van der Waals surface area contributed by atoms with Crippen molar-refractivity contribution in [2.45, 2.75) is 32.9 Å². The Balaban J connectivity index is 2.39. The first-order valence-corrected chi connectivity index (χ1v) is 5.73. The normalized spacial score (nSPS) is 12.5. The molecule has 0 aliphatic heterocycles. The Labute approximate surface area is 93.7 Å². The largest absolute Gasteiger partial charge is 0.468 e. The number of methoxy groups -OCH3 is 1. The van der Waals surface area contributed by atoms with Crippen LogP contribution in [0.25, 0.3) is 0 Å². The summed E-state index contributed by atoms with van der Waals surface area (Å²) in [6.45, 7) is 4.49. The number of ether oxygens (including phenoxy) is 1. The quantitative estimate of drug-likeness (QED) is 0.773. The second-order valence-corrected chi connectivity index (χ2v) is 4.40. The van der Waals surface area contributed by atoms with E-state index in [4.69, 9.17) is 0 Å². The molecule has 4 nitrogen and oxygen atoms in total. The van der Waals surface area contributed by atoms with Crippen molar-refractivity contribution in [1.29, 1.82) is 0 Å². The van der Waals surface area contributed by atoms with Crippen LogP contribution in [0.15, 0.2) is 6.20 Å². The molecule has 1 N–H and O–H groups in total. The van der Waals surface area contributed by atoms with Gasteiger partial charge in [-0.1, -0.05) is 6.92 Å². The summed E-state index contributed by atoms with van der Waals surface area (Å²) in [6.07, 6.45) is 2.88. The van der Waals surface area contributed by atoms with Gasteiger partial charge in [0.15, 0.2) is 0 Å². The molecule has 15 heavy (non-hydrogen) atoms. The zero-order chi connectivity index (χ0) is 11.3. The number of nitrogens with one attached hydrogen (secondary N) is 1. The maximum absolute atomic E-state index is 11.1. The highest BCUT2D eigenvalue weighted by atomic mass is 32.1. The van der Waals surface area contributed by atoms with E-state index in [0.29, 0.717) is 6.54 Å². The van der Waals surface area contributed by atoms with Crippen LogP contribution in [0.4, 0.5) is 0 Å². The van der Waals surface area contributed by atoms with Gasteiger partial charge in [0.1, 0.15) is 11.0 Å². The van der Waals surface area contributed by atoms with Gasteiger partial charge in [-0.05, 0) is 13.3 Å². The highest BCUT2D eigenvalue weighted by Gasteiger charge is 2.12. The lowest BCUT2D eigenvalue weighted by Gasteiger charge is -2.09. The molecule has 1 unspecified atom stereocenters. The van der Waals surface area contributed by atoms with Crippen LogP contribution in [0.1, 0.15) is 23.7 Å². The summed E-state index contributed by atoms with van der Waals surface area (Å²) >= 11 is 1.67. The van der Waals surface area contributed by atoms with Crippen LogP contribution < -0.4 is 5.32 Å². The Kier molecular flexibility index (Phi) is 4.71. The van der Waals surface area contributed by atoms with Crippen LogP contribution >= 0.6 is 11.3 Å². The van der Waals surface area contributed by atoms with Crippen LogP contribution in [0, 0.1) is 0 Å². The second-order valence-electron chi connectivity index (χ2n) is 3.20. The molecule has 5 heteroatoms. The number of rotatable bonds is 5. The molecule has 1 rings (SSSR count). The van der Waals surface area contributed by atoms with Crippen molar-refractivity contribution in [2.24, 2.45) is 0 Å². The molecule has 1 heterocycles. The Morgan fingerprint density at radius 3 is 3.00 bits per heavy atom. The van der Waals surface area contributed by atoms with Crippen molar-refractivity contribution in [3.63, 3.8) is 0 Å². The van der Waals surface area contributed by atoms with E-state index in [1.807, 2.05) is 6.20 Å². The fourth-order valence-corrected chi connectivity index (χ4v) is 1.91. The summed E-state index contributed by atoms with van der Waals surface area (Å²) in [6, 6.07) is -0.288. The van der Waals surface area contributed by atoms with Crippen LogP contribution in [0.5, 0.6) is 0 Å². The van der Waals surface area contributed by atoms with Gasteiger partial charge in [-0.15, -0.1) is 11.3 Å². The van der Waals surface area contributed by atoms with Gasteiger partial charge >= 0.3 is 5.97 Å². The van der Waals surface area contributed by atoms with Crippen molar-refractivity contribution < 1.29 is 9.53 Å². The second kappa shape index (κ2) is 5.82. The molecule has 1 aromatic heterocycles. The number of thiazole rings is 1. The Hall–Kier alpha value is -0.940. The van der Waals surface area contributed by atoms with E-state index >= 15 is 0 Å². The van der Waals surface area contributed by atoms with Crippen molar-refractivity contribution >= 4 is 17.3 Å². The molecule has 1 atom stereocenters. The summed E-state index contributed by atoms with van der Waals surface area (Å²) in [7, 11) is 1.39. The number of carbonyl (C=O) groups excluding carboxylic acids is 1. The number of nitrogens with zero attached hydrogens (tertiary/aromatic N) is 1. The molecule has 0 saturated heterocycles. The number of aryl methyl sites for hydroxylation is 1. The topological polar surface area (TPSA) is 51.2 Å². The average molecular weight is 228 g/mol. The molecule has 0 aromatic carbocycles. The predicted molar refractivity (Wildman–Crippen MR) is 59.8 cm³/mol. The number of esters is 1. The van der Waals surface area contributed by atoms with Crippen LogP contribution in [0.2, 0.25) is 0 Å². The minimum Gasteiger partial charge on any atom is -0.468 e. The summed E-state index contributed by atoms with van der Waals surface area (Å²) < 4.78 is 4.61. The summed E-state index contributed by atoms with van der Waals surface area (Å²) in [4.78, 5) is 16.6. The van der Waals surface area contributed by atoms with Crippen LogP contribution in [-0.2, 0) is 22.5 Å². The van der Waals surface area contributed by atoms with Gasteiger partial charge in [-0.2, -0.15) is 0 Å². The minimum absolute atomic E-state index is 0.248. The van der Waals surface area contributed by atoms with E-state index in [1.54, 1.807) is 18.3 Å². The van der Waals surface area contributed by atoms with Gasteiger partial charge in [0.2, 0.25) is 0 Å². The smallest absolute Gasteiger partial charge is 0.322 e. The lowest BCUT2D eigenvalue weighted by molar-refractivity contribution is -0.142. The predicted octanol–water partition coefficient (Wildman–Crippen LogP) is 1.36. The van der Waals surface area contributed by atoms with Crippen LogP contribution in [0.3, 0.4) is 0 Å². The first-order chi connectivity index (χ1) is 7.17. The highest BCUT2D eigenvalue weighted by molar-refractivity contribution is 7.11. The van der Waals surface area contributed by atoms with Crippen molar-refractivity contribution in [2.75, 3.05) is 7.11 Å². The van der Waals surface area contributed by atoms with E-state index in [1.165, 1.54) is 12.0 Å². The van der Waals surface area contributed by atoms with Gasteiger partial charge in [0.25, 0.3) is 0 Å². The van der Waals surface area contributed by atoms with Gasteiger partial charge in [-0.25, -0.2) is 4.98 Å². The standard InChI is InChI=1S/C10H16N2O2S/c1-4-8-5-12-9(15-8)6-11-7(2)10(13)14-3/h5,7,11H,4,6H2,1-3H3. The van der Waals surface area contributed by atoms with Crippen LogP contribution in [-0.4, -0.2) is 24.1 Å². The Morgan fingerprint density at radius 1 is 1.73 bits per heavy atom. The van der Waals surface area contributed by atoms with E-state index in [0.717, 1.165) is 11.4 Å². The monoisotopic (exact) mass is 228 g/mol. The van der Waals surface area contributed by atoms with E-state index < -0.39 is 0 Å². The number of aromatic nitrogens is 1. The summed E-state index contributed by atoms with van der Waals surface area (Å²) in [5.74, 6) is -0.248. The molecule has 0 saturated carbocycles. The minimum atomic E-state index is -0.288. The van der Waals surface area contributed by atoms with Crippen molar-refractivity contribution in [3.8, 4) is 0 Å². The molecule has 0 radical (unpaired) electrons.